The van der Waals surface area contributed by atoms with E-state index in [1.165, 1.54) is 57.0 Å². The van der Waals surface area contributed by atoms with Crippen LogP contribution in [0.4, 0.5) is 0 Å². The lowest BCUT2D eigenvalue weighted by Crippen LogP contribution is -2.20. The van der Waals surface area contributed by atoms with Crippen molar-refractivity contribution in [2.45, 2.75) is 51.9 Å². The maximum absolute atomic E-state index is 5.29. The Morgan fingerprint density at radius 3 is 2.54 bits per heavy atom. The highest BCUT2D eigenvalue weighted by atomic mass is 32.2. The normalized spacial score (nSPS) is 21.7. The van der Waals surface area contributed by atoms with Crippen LogP contribution in [0, 0.1) is 5.41 Å². The molecule has 13 heavy (non-hydrogen) atoms. The summed E-state index contributed by atoms with van der Waals surface area (Å²) < 4.78 is 5.29. The van der Waals surface area contributed by atoms with Gasteiger partial charge in [0.2, 0.25) is 0 Å². The molecule has 0 N–H and O–H groups in total. The summed E-state index contributed by atoms with van der Waals surface area (Å²) in [6.07, 6.45) is 11.8. The van der Waals surface area contributed by atoms with E-state index in [4.69, 9.17) is 4.18 Å². The van der Waals surface area contributed by atoms with Crippen molar-refractivity contribution in [3.63, 3.8) is 0 Å². The molecular formula is C11H22OS. The number of hydrogen-bond acceptors (Lipinski definition) is 2. The second-order valence-corrected chi connectivity index (χ2v) is 5.03. The van der Waals surface area contributed by atoms with Gasteiger partial charge in [-0.1, -0.05) is 26.2 Å². The van der Waals surface area contributed by atoms with Crippen LogP contribution in [0.5, 0.6) is 0 Å². The fourth-order valence-electron chi connectivity index (χ4n) is 2.30. The van der Waals surface area contributed by atoms with E-state index in [-0.39, 0.29) is 0 Å². The molecule has 78 valence electrons. The first-order valence-corrected chi connectivity index (χ1v) is 6.57. The molecule has 0 aliphatic heterocycles. The average Bonchev–Trinajstić information content (AvgIpc) is 2.14. The first-order valence-electron chi connectivity index (χ1n) is 5.42. The summed E-state index contributed by atoms with van der Waals surface area (Å²) in [6.45, 7) is 3.38. The van der Waals surface area contributed by atoms with E-state index < -0.39 is 0 Å². The van der Waals surface area contributed by atoms with Crippen LogP contribution in [0.1, 0.15) is 51.9 Å². The van der Waals surface area contributed by atoms with Gasteiger partial charge in [0.15, 0.2) is 0 Å². The molecule has 1 nitrogen and oxygen atoms in total. The van der Waals surface area contributed by atoms with Crippen LogP contribution < -0.4 is 0 Å². The Hall–Kier alpha value is 0.310. The summed E-state index contributed by atoms with van der Waals surface area (Å²) in [4.78, 5) is 0. The number of rotatable bonds is 5. The lowest BCUT2D eigenvalue weighted by molar-refractivity contribution is 0.182. The van der Waals surface area contributed by atoms with E-state index in [0.29, 0.717) is 5.41 Å². The molecule has 0 aromatic rings. The van der Waals surface area contributed by atoms with Crippen LogP contribution in [0.15, 0.2) is 0 Å². The highest BCUT2D eigenvalue weighted by Gasteiger charge is 2.25. The molecule has 1 rings (SSSR count). The Morgan fingerprint density at radius 2 is 1.92 bits per heavy atom. The van der Waals surface area contributed by atoms with Gasteiger partial charge in [0.1, 0.15) is 0 Å². The van der Waals surface area contributed by atoms with E-state index in [9.17, 15) is 0 Å². The first kappa shape index (κ1) is 11.4. The summed E-state index contributed by atoms with van der Waals surface area (Å²) in [7, 11) is 0. The predicted molar refractivity (Wildman–Crippen MR) is 59.9 cm³/mol. The second kappa shape index (κ2) is 5.92. The molecule has 0 unspecified atom stereocenters. The van der Waals surface area contributed by atoms with E-state index in [1.54, 1.807) is 0 Å². The second-order valence-electron chi connectivity index (χ2n) is 4.46. The van der Waals surface area contributed by atoms with Crippen LogP contribution in [0.2, 0.25) is 0 Å². The van der Waals surface area contributed by atoms with Gasteiger partial charge >= 0.3 is 0 Å². The Morgan fingerprint density at radius 1 is 1.23 bits per heavy atom. The Bertz CT molecular complexity index is 130. The quantitative estimate of drug-likeness (QED) is 0.491. The molecule has 0 heterocycles. The lowest BCUT2D eigenvalue weighted by Gasteiger charge is -2.33. The zero-order valence-electron chi connectivity index (χ0n) is 8.97. The van der Waals surface area contributed by atoms with Crippen LogP contribution in [-0.4, -0.2) is 12.9 Å². The fourth-order valence-corrected chi connectivity index (χ4v) is 2.58. The van der Waals surface area contributed by atoms with Crippen LogP contribution in [-0.2, 0) is 4.18 Å². The van der Waals surface area contributed by atoms with Gasteiger partial charge in [-0.2, -0.15) is 0 Å². The third-order valence-electron chi connectivity index (χ3n) is 3.19. The highest BCUT2D eigenvalue weighted by Crippen LogP contribution is 2.39. The standard InChI is InChI=1S/C11H22OS/c1-11(7-4-3-5-8-11)9-6-10-12-13-2/h3-10H2,1-2H3. The molecule has 2 heteroatoms. The third-order valence-corrected chi connectivity index (χ3v) is 3.59. The van der Waals surface area contributed by atoms with Crippen molar-refractivity contribution >= 4 is 12.0 Å². The maximum atomic E-state index is 5.29. The summed E-state index contributed by atoms with van der Waals surface area (Å²) in [6, 6.07) is 0. The monoisotopic (exact) mass is 202 g/mol. The van der Waals surface area contributed by atoms with Crippen molar-refractivity contribution in [1.29, 1.82) is 0 Å². The molecule has 0 amide bonds. The summed E-state index contributed by atoms with van der Waals surface area (Å²) in [5.74, 6) is 0. The zero-order valence-corrected chi connectivity index (χ0v) is 9.79. The highest BCUT2D eigenvalue weighted by molar-refractivity contribution is 7.93. The topological polar surface area (TPSA) is 9.23 Å². The molecule has 0 saturated heterocycles. The van der Waals surface area contributed by atoms with E-state index in [2.05, 4.69) is 6.92 Å². The molecule has 1 aliphatic rings. The van der Waals surface area contributed by atoms with Gasteiger partial charge in [-0.15, -0.1) is 0 Å². The van der Waals surface area contributed by atoms with E-state index in [0.717, 1.165) is 6.61 Å². The average molecular weight is 202 g/mol. The molecular weight excluding hydrogens is 180 g/mol. The Labute approximate surface area is 86.8 Å². The third kappa shape index (κ3) is 4.37. The largest absolute Gasteiger partial charge is 0.316 e. The molecule has 0 atom stereocenters. The van der Waals surface area contributed by atoms with Crippen LogP contribution >= 0.6 is 12.0 Å². The van der Waals surface area contributed by atoms with Gasteiger partial charge in [-0.05, 0) is 43.1 Å². The minimum Gasteiger partial charge on any atom is -0.316 e. The van der Waals surface area contributed by atoms with Crippen LogP contribution in [0.25, 0.3) is 0 Å². The molecule has 1 aliphatic carbocycles. The van der Waals surface area contributed by atoms with Gasteiger partial charge in [0.05, 0.1) is 6.61 Å². The molecule has 0 spiro atoms. The van der Waals surface area contributed by atoms with Crippen molar-refractivity contribution in [2.75, 3.05) is 12.9 Å². The molecule has 1 fully saturated rings. The number of hydrogen-bond donors (Lipinski definition) is 0. The van der Waals surface area contributed by atoms with Gasteiger partial charge < -0.3 is 4.18 Å². The van der Waals surface area contributed by atoms with Gasteiger partial charge in [-0.3, -0.25) is 0 Å². The van der Waals surface area contributed by atoms with Crippen molar-refractivity contribution in [2.24, 2.45) is 5.41 Å². The molecule has 0 aromatic carbocycles. The lowest BCUT2D eigenvalue weighted by atomic mass is 9.73. The molecule has 0 radical (unpaired) electrons. The van der Waals surface area contributed by atoms with Gasteiger partial charge in [0, 0.05) is 6.26 Å². The first-order chi connectivity index (χ1) is 6.27. The van der Waals surface area contributed by atoms with E-state index >= 15 is 0 Å². The molecule has 0 bridgehead atoms. The minimum absolute atomic E-state index is 0.639. The summed E-state index contributed by atoms with van der Waals surface area (Å²) >= 11 is 1.49. The summed E-state index contributed by atoms with van der Waals surface area (Å²) in [5, 5.41) is 0. The van der Waals surface area contributed by atoms with E-state index in [1.807, 2.05) is 6.26 Å². The molecule has 1 saturated carbocycles. The fraction of sp³-hybridized carbons (Fsp3) is 1.00. The predicted octanol–water partition coefficient (Wildman–Crippen LogP) is 4.03. The molecule has 0 aromatic heterocycles. The van der Waals surface area contributed by atoms with Crippen molar-refractivity contribution in [1.82, 2.24) is 0 Å². The van der Waals surface area contributed by atoms with Crippen molar-refractivity contribution < 1.29 is 4.18 Å². The Balaban J connectivity index is 2.10. The van der Waals surface area contributed by atoms with Crippen molar-refractivity contribution in [3.05, 3.63) is 0 Å². The zero-order chi connectivity index (χ0) is 9.57. The van der Waals surface area contributed by atoms with Gasteiger partial charge in [0.25, 0.3) is 0 Å². The Kier molecular flexibility index (Phi) is 5.18. The van der Waals surface area contributed by atoms with Gasteiger partial charge in [-0.25, -0.2) is 0 Å². The van der Waals surface area contributed by atoms with Crippen LogP contribution in [0.3, 0.4) is 0 Å². The minimum atomic E-state index is 0.639. The SMILES string of the molecule is CSOCCCC1(C)CCCCC1. The summed E-state index contributed by atoms with van der Waals surface area (Å²) in [5.41, 5.74) is 0.639. The smallest absolute Gasteiger partial charge is 0.0613 e. The maximum Gasteiger partial charge on any atom is 0.0613 e. The van der Waals surface area contributed by atoms with Crippen molar-refractivity contribution in [3.8, 4) is 0 Å².